The fourth-order valence-electron chi connectivity index (χ4n) is 1.98. The van der Waals surface area contributed by atoms with E-state index >= 15 is 0 Å². The van der Waals surface area contributed by atoms with E-state index in [0.29, 0.717) is 17.9 Å². The van der Waals surface area contributed by atoms with Crippen LogP contribution in [-0.4, -0.2) is 30.9 Å². The number of hydrogen-bond acceptors (Lipinski definition) is 4. The fourth-order valence-corrected chi connectivity index (χ4v) is 1.98. The topological polar surface area (TPSA) is 55.8 Å². The first-order valence-corrected chi connectivity index (χ1v) is 7.78. The van der Waals surface area contributed by atoms with Gasteiger partial charge in [0.05, 0.1) is 18.8 Å². The van der Waals surface area contributed by atoms with Gasteiger partial charge < -0.3 is 14.6 Å². The molecule has 4 nitrogen and oxygen atoms in total. The molecule has 0 fully saturated rings. The third kappa shape index (κ3) is 7.71. The molecule has 0 aromatic heterocycles. The lowest BCUT2D eigenvalue weighted by Gasteiger charge is -2.07. The lowest BCUT2D eigenvalue weighted by Crippen LogP contribution is -2.07. The zero-order chi connectivity index (χ0) is 15.3. The summed E-state index contributed by atoms with van der Waals surface area (Å²) in [4.78, 5) is 11.8. The molecule has 0 heterocycles. The highest BCUT2D eigenvalue weighted by atomic mass is 16.5. The van der Waals surface area contributed by atoms with Crippen LogP contribution in [0.1, 0.15) is 55.8 Å². The molecule has 0 unspecified atom stereocenters. The van der Waals surface area contributed by atoms with Gasteiger partial charge in [-0.05, 0) is 30.7 Å². The average Bonchev–Trinajstić information content (AvgIpc) is 2.52. The van der Waals surface area contributed by atoms with Crippen LogP contribution >= 0.6 is 0 Å². The van der Waals surface area contributed by atoms with E-state index in [9.17, 15) is 4.79 Å². The van der Waals surface area contributed by atoms with Gasteiger partial charge in [-0.3, -0.25) is 0 Å². The Morgan fingerprint density at radius 1 is 1.00 bits per heavy atom. The Morgan fingerprint density at radius 3 is 2.33 bits per heavy atom. The highest BCUT2D eigenvalue weighted by Crippen LogP contribution is 2.13. The Balaban J connectivity index is 2.19. The molecule has 21 heavy (non-hydrogen) atoms. The molecule has 1 aromatic carbocycles. The van der Waals surface area contributed by atoms with Gasteiger partial charge in [-0.2, -0.15) is 0 Å². The van der Waals surface area contributed by atoms with E-state index in [1.807, 2.05) is 0 Å². The number of esters is 1. The molecule has 0 saturated carbocycles. The van der Waals surface area contributed by atoms with E-state index in [4.69, 9.17) is 14.6 Å². The average molecular weight is 294 g/mol. The highest BCUT2D eigenvalue weighted by Gasteiger charge is 2.06. The number of benzene rings is 1. The molecule has 0 atom stereocenters. The molecule has 1 rings (SSSR count). The maximum Gasteiger partial charge on any atom is 0.338 e. The van der Waals surface area contributed by atoms with Gasteiger partial charge in [0.25, 0.3) is 0 Å². The Kier molecular flexibility index (Phi) is 9.29. The first-order valence-electron chi connectivity index (χ1n) is 7.78. The van der Waals surface area contributed by atoms with Gasteiger partial charge in [0.15, 0.2) is 0 Å². The molecule has 0 bridgehead atoms. The number of unbranched alkanes of at least 4 members (excludes halogenated alkanes) is 5. The molecular formula is C17H26O4. The summed E-state index contributed by atoms with van der Waals surface area (Å²) >= 11 is 0. The standard InChI is InChI=1S/C17H26O4/c1-2-3-4-5-6-7-13-21-17(19)15-8-10-16(11-9-15)20-14-12-18/h8-11,18H,2-7,12-14H2,1H3. The predicted octanol–water partition coefficient (Wildman–Crippen LogP) is 3.58. The van der Waals surface area contributed by atoms with Crippen molar-refractivity contribution in [2.75, 3.05) is 19.8 Å². The first-order chi connectivity index (χ1) is 10.3. The summed E-state index contributed by atoms with van der Waals surface area (Å²) in [5.41, 5.74) is 0.525. The minimum Gasteiger partial charge on any atom is -0.491 e. The predicted molar refractivity (Wildman–Crippen MR) is 82.7 cm³/mol. The molecule has 0 amide bonds. The van der Waals surface area contributed by atoms with Crippen molar-refractivity contribution in [2.45, 2.75) is 45.4 Å². The summed E-state index contributed by atoms with van der Waals surface area (Å²) in [5.74, 6) is 0.341. The fraction of sp³-hybridized carbons (Fsp3) is 0.588. The number of ether oxygens (including phenoxy) is 2. The number of aliphatic hydroxyl groups is 1. The van der Waals surface area contributed by atoms with Crippen molar-refractivity contribution < 1.29 is 19.4 Å². The molecule has 0 spiro atoms. The molecule has 0 radical (unpaired) electrons. The summed E-state index contributed by atoms with van der Waals surface area (Å²) in [6.45, 7) is 2.90. The molecular weight excluding hydrogens is 268 g/mol. The molecule has 118 valence electrons. The van der Waals surface area contributed by atoms with Gasteiger partial charge in [-0.25, -0.2) is 4.79 Å². The lowest BCUT2D eigenvalue weighted by atomic mass is 10.1. The monoisotopic (exact) mass is 294 g/mol. The molecule has 0 aliphatic carbocycles. The zero-order valence-corrected chi connectivity index (χ0v) is 12.8. The van der Waals surface area contributed by atoms with Gasteiger partial charge in [-0.15, -0.1) is 0 Å². The van der Waals surface area contributed by atoms with Crippen LogP contribution in [0.4, 0.5) is 0 Å². The summed E-state index contributed by atoms with van der Waals surface area (Å²) < 4.78 is 10.5. The summed E-state index contributed by atoms with van der Waals surface area (Å²) in [5, 5.41) is 8.66. The van der Waals surface area contributed by atoms with Crippen molar-refractivity contribution in [1.82, 2.24) is 0 Å². The van der Waals surface area contributed by atoms with Crippen LogP contribution in [-0.2, 0) is 4.74 Å². The van der Waals surface area contributed by atoms with Crippen LogP contribution in [0, 0.1) is 0 Å². The first kappa shape index (κ1) is 17.5. The zero-order valence-electron chi connectivity index (χ0n) is 12.8. The highest BCUT2D eigenvalue weighted by molar-refractivity contribution is 5.89. The lowest BCUT2D eigenvalue weighted by molar-refractivity contribution is 0.0497. The minimum atomic E-state index is -0.294. The molecule has 0 aliphatic heterocycles. The quantitative estimate of drug-likeness (QED) is 0.500. The summed E-state index contributed by atoms with van der Waals surface area (Å²) in [6, 6.07) is 6.76. The van der Waals surface area contributed by atoms with E-state index in [-0.39, 0.29) is 19.2 Å². The third-order valence-electron chi connectivity index (χ3n) is 3.18. The number of rotatable bonds is 11. The van der Waals surface area contributed by atoms with Crippen molar-refractivity contribution in [2.24, 2.45) is 0 Å². The van der Waals surface area contributed by atoms with Gasteiger partial charge >= 0.3 is 5.97 Å². The van der Waals surface area contributed by atoms with E-state index in [0.717, 1.165) is 12.8 Å². The summed E-state index contributed by atoms with van der Waals surface area (Å²) in [7, 11) is 0. The third-order valence-corrected chi connectivity index (χ3v) is 3.18. The molecule has 1 N–H and O–H groups in total. The second-order valence-corrected chi connectivity index (χ2v) is 5.00. The van der Waals surface area contributed by atoms with Gasteiger partial charge in [0.2, 0.25) is 0 Å². The number of hydrogen-bond donors (Lipinski definition) is 1. The SMILES string of the molecule is CCCCCCCCOC(=O)c1ccc(OCCO)cc1. The Hall–Kier alpha value is -1.55. The van der Waals surface area contributed by atoms with Crippen LogP contribution in [0.5, 0.6) is 5.75 Å². The smallest absolute Gasteiger partial charge is 0.338 e. The second kappa shape index (κ2) is 11.1. The van der Waals surface area contributed by atoms with Crippen LogP contribution in [0.25, 0.3) is 0 Å². The normalized spacial score (nSPS) is 10.4. The van der Waals surface area contributed by atoms with E-state index < -0.39 is 0 Å². The van der Waals surface area contributed by atoms with Gasteiger partial charge in [0.1, 0.15) is 12.4 Å². The number of carbonyl (C=O) groups excluding carboxylic acids is 1. The van der Waals surface area contributed by atoms with E-state index in [1.165, 1.54) is 25.7 Å². The second-order valence-electron chi connectivity index (χ2n) is 5.00. The van der Waals surface area contributed by atoms with Gasteiger partial charge in [0, 0.05) is 0 Å². The van der Waals surface area contributed by atoms with Crippen molar-refractivity contribution in [3.05, 3.63) is 29.8 Å². The molecule has 0 saturated heterocycles. The van der Waals surface area contributed by atoms with Crippen molar-refractivity contribution in [1.29, 1.82) is 0 Å². The Morgan fingerprint density at radius 2 is 1.67 bits per heavy atom. The van der Waals surface area contributed by atoms with Gasteiger partial charge in [-0.1, -0.05) is 39.0 Å². The van der Waals surface area contributed by atoms with Crippen molar-refractivity contribution in [3.63, 3.8) is 0 Å². The number of aliphatic hydroxyl groups excluding tert-OH is 1. The molecule has 1 aromatic rings. The van der Waals surface area contributed by atoms with Crippen LogP contribution in [0.2, 0.25) is 0 Å². The van der Waals surface area contributed by atoms with E-state index in [2.05, 4.69) is 6.92 Å². The maximum atomic E-state index is 11.8. The van der Waals surface area contributed by atoms with Crippen LogP contribution in [0.3, 0.4) is 0 Å². The summed E-state index contributed by atoms with van der Waals surface area (Å²) in [6.07, 6.45) is 7.04. The molecule has 4 heteroatoms. The molecule has 0 aliphatic rings. The largest absolute Gasteiger partial charge is 0.491 e. The Bertz CT molecular complexity index is 386. The Labute approximate surface area is 127 Å². The number of carbonyl (C=O) groups is 1. The minimum absolute atomic E-state index is 0.0257. The maximum absolute atomic E-state index is 11.8. The van der Waals surface area contributed by atoms with E-state index in [1.54, 1.807) is 24.3 Å². The van der Waals surface area contributed by atoms with Crippen molar-refractivity contribution in [3.8, 4) is 5.75 Å². The van der Waals surface area contributed by atoms with Crippen LogP contribution < -0.4 is 4.74 Å². The van der Waals surface area contributed by atoms with Crippen molar-refractivity contribution >= 4 is 5.97 Å². The van der Waals surface area contributed by atoms with Crippen LogP contribution in [0.15, 0.2) is 24.3 Å².